The quantitative estimate of drug-likeness (QED) is 0.420. The molecule has 3 rings (SSSR count). The molecule has 0 aliphatic heterocycles. The Balaban J connectivity index is 2.08. The molecule has 0 fully saturated rings. The number of ether oxygens (including phenoxy) is 1. The maximum atomic E-state index is 13.4. The largest absolute Gasteiger partial charge is 0.496 e. The second-order valence-electron chi connectivity index (χ2n) is 7.02. The van der Waals surface area contributed by atoms with Crippen molar-refractivity contribution in [2.45, 2.75) is 26.8 Å². The molecule has 0 aliphatic rings. The van der Waals surface area contributed by atoms with Crippen molar-refractivity contribution < 1.29 is 9.13 Å². The fourth-order valence-corrected chi connectivity index (χ4v) is 3.17. The summed E-state index contributed by atoms with van der Waals surface area (Å²) in [5.41, 5.74) is 4.09. The predicted octanol–water partition coefficient (Wildman–Crippen LogP) is 4.96. The van der Waals surface area contributed by atoms with E-state index < -0.39 is 0 Å². The first-order valence-corrected chi connectivity index (χ1v) is 10.1. The highest BCUT2D eigenvalue weighted by Crippen LogP contribution is 2.30. The van der Waals surface area contributed by atoms with Gasteiger partial charge >= 0.3 is 0 Å². The van der Waals surface area contributed by atoms with Gasteiger partial charge in [0.25, 0.3) is 0 Å². The molecule has 0 aliphatic carbocycles. The molecule has 0 saturated carbocycles. The molecule has 31 heavy (non-hydrogen) atoms. The molecule has 0 atom stereocenters. The van der Waals surface area contributed by atoms with Crippen molar-refractivity contribution in [3.05, 3.63) is 99.9 Å². The number of aromatic nitrogens is 1. The standard InChI is InChI=1S/C25H26FN3O2/c1-4-5-13-27-25(28-16-21-7-6-8-24(30)29-21)22-14-19(15-23(31-3)17(22)2)18-9-11-20(26)12-10-18/h5-15H,4,16H2,1-3H3,(H,27,28)(H,29,30)/b13-5+. The molecule has 1 aromatic heterocycles. The highest BCUT2D eigenvalue weighted by atomic mass is 19.1. The maximum Gasteiger partial charge on any atom is 0.248 e. The van der Waals surface area contributed by atoms with Crippen LogP contribution in [0.5, 0.6) is 5.75 Å². The van der Waals surface area contributed by atoms with Crippen LogP contribution >= 0.6 is 0 Å². The van der Waals surface area contributed by atoms with Gasteiger partial charge in [-0.25, -0.2) is 4.39 Å². The second-order valence-corrected chi connectivity index (χ2v) is 7.02. The number of nitrogens with one attached hydrogen (secondary N) is 2. The molecular weight excluding hydrogens is 393 g/mol. The summed E-state index contributed by atoms with van der Waals surface area (Å²) in [6.07, 6.45) is 4.73. The van der Waals surface area contributed by atoms with E-state index in [4.69, 9.17) is 9.73 Å². The van der Waals surface area contributed by atoms with Crippen LogP contribution in [0.15, 0.2) is 76.7 Å². The Morgan fingerprint density at radius 1 is 1.16 bits per heavy atom. The van der Waals surface area contributed by atoms with E-state index in [1.54, 1.807) is 25.3 Å². The van der Waals surface area contributed by atoms with E-state index >= 15 is 0 Å². The molecule has 0 saturated heterocycles. The summed E-state index contributed by atoms with van der Waals surface area (Å²) in [7, 11) is 1.62. The zero-order valence-electron chi connectivity index (χ0n) is 17.9. The first-order chi connectivity index (χ1) is 15.0. The Labute approximate surface area is 181 Å². The number of halogens is 1. The first kappa shape index (κ1) is 22.0. The zero-order valence-corrected chi connectivity index (χ0v) is 17.9. The van der Waals surface area contributed by atoms with Crippen LogP contribution < -0.4 is 15.6 Å². The number of hydrogen-bond donors (Lipinski definition) is 2. The van der Waals surface area contributed by atoms with Crippen molar-refractivity contribution in [1.29, 1.82) is 0 Å². The van der Waals surface area contributed by atoms with E-state index in [0.29, 0.717) is 23.8 Å². The number of H-pyrrole nitrogens is 1. The lowest BCUT2D eigenvalue weighted by Crippen LogP contribution is -2.21. The van der Waals surface area contributed by atoms with Crippen molar-refractivity contribution in [1.82, 2.24) is 10.3 Å². The number of benzene rings is 2. The average molecular weight is 420 g/mol. The molecule has 0 spiro atoms. The number of pyridine rings is 1. The summed E-state index contributed by atoms with van der Waals surface area (Å²) in [6.45, 7) is 4.32. The Kier molecular flexibility index (Phi) is 7.38. The van der Waals surface area contributed by atoms with Gasteiger partial charge in [-0.3, -0.25) is 9.79 Å². The molecule has 6 heteroatoms. The SMILES string of the molecule is CC/C=C/NC(=NCc1cccc(=O)[nH]1)c1cc(-c2ccc(F)cc2)cc(OC)c1C. The molecular formula is C25H26FN3O2. The van der Waals surface area contributed by atoms with Gasteiger partial charge in [0.2, 0.25) is 5.56 Å². The highest BCUT2D eigenvalue weighted by molar-refractivity contribution is 6.02. The van der Waals surface area contributed by atoms with E-state index in [2.05, 4.69) is 10.3 Å². The summed E-state index contributed by atoms with van der Waals surface area (Å²) < 4.78 is 19.0. The fraction of sp³-hybridized carbons (Fsp3) is 0.200. The third-order valence-corrected chi connectivity index (χ3v) is 4.82. The topological polar surface area (TPSA) is 66.5 Å². The van der Waals surface area contributed by atoms with Crippen molar-refractivity contribution >= 4 is 5.84 Å². The van der Waals surface area contributed by atoms with Gasteiger partial charge in [0.1, 0.15) is 17.4 Å². The number of allylic oxidation sites excluding steroid dienone is 1. The van der Waals surface area contributed by atoms with Gasteiger partial charge in [0, 0.05) is 22.9 Å². The molecule has 0 amide bonds. The van der Waals surface area contributed by atoms with Crippen LogP contribution in [-0.4, -0.2) is 17.9 Å². The normalized spacial score (nSPS) is 11.7. The van der Waals surface area contributed by atoms with Gasteiger partial charge in [-0.1, -0.05) is 31.2 Å². The number of aliphatic imine (C=N–C) groups is 1. The van der Waals surface area contributed by atoms with Crippen molar-refractivity contribution in [3.8, 4) is 16.9 Å². The average Bonchev–Trinajstić information content (AvgIpc) is 2.77. The lowest BCUT2D eigenvalue weighted by Gasteiger charge is -2.16. The summed E-state index contributed by atoms with van der Waals surface area (Å²) in [4.78, 5) is 19.1. The lowest BCUT2D eigenvalue weighted by molar-refractivity contribution is 0.412. The Morgan fingerprint density at radius 2 is 1.94 bits per heavy atom. The number of hydrogen-bond acceptors (Lipinski definition) is 3. The van der Waals surface area contributed by atoms with Crippen LogP contribution in [0.25, 0.3) is 11.1 Å². The monoisotopic (exact) mass is 419 g/mol. The number of rotatable bonds is 7. The van der Waals surface area contributed by atoms with E-state index in [-0.39, 0.29) is 11.4 Å². The molecule has 0 bridgehead atoms. The van der Waals surface area contributed by atoms with E-state index in [1.165, 1.54) is 18.2 Å². The van der Waals surface area contributed by atoms with Crippen LogP contribution in [0.3, 0.4) is 0 Å². The molecule has 3 aromatic rings. The van der Waals surface area contributed by atoms with Crippen molar-refractivity contribution in [2.24, 2.45) is 4.99 Å². The van der Waals surface area contributed by atoms with Crippen LogP contribution in [0.4, 0.5) is 4.39 Å². The molecule has 2 aromatic carbocycles. The Bertz CT molecular complexity index is 1150. The maximum absolute atomic E-state index is 13.4. The molecule has 5 nitrogen and oxygen atoms in total. The number of methoxy groups -OCH3 is 1. The van der Waals surface area contributed by atoms with E-state index in [9.17, 15) is 9.18 Å². The second kappa shape index (κ2) is 10.4. The van der Waals surface area contributed by atoms with E-state index in [1.807, 2.05) is 44.3 Å². The molecule has 0 unspecified atom stereocenters. The van der Waals surface area contributed by atoms with Gasteiger partial charge in [-0.15, -0.1) is 0 Å². The van der Waals surface area contributed by atoms with Gasteiger partial charge < -0.3 is 15.0 Å². The highest BCUT2D eigenvalue weighted by Gasteiger charge is 2.14. The van der Waals surface area contributed by atoms with Crippen LogP contribution in [-0.2, 0) is 6.54 Å². The Morgan fingerprint density at radius 3 is 2.61 bits per heavy atom. The minimum absolute atomic E-state index is 0.163. The van der Waals surface area contributed by atoms with Gasteiger partial charge in [-0.05, 0) is 61.0 Å². The third-order valence-electron chi connectivity index (χ3n) is 4.82. The first-order valence-electron chi connectivity index (χ1n) is 10.1. The van der Waals surface area contributed by atoms with Crippen LogP contribution in [0.2, 0.25) is 0 Å². The smallest absolute Gasteiger partial charge is 0.248 e. The van der Waals surface area contributed by atoms with Gasteiger partial charge in [-0.2, -0.15) is 0 Å². The molecule has 2 N–H and O–H groups in total. The zero-order chi connectivity index (χ0) is 22.2. The number of amidine groups is 1. The van der Waals surface area contributed by atoms with E-state index in [0.717, 1.165) is 28.7 Å². The summed E-state index contributed by atoms with van der Waals surface area (Å²) in [6, 6.07) is 15.3. The van der Waals surface area contributed by atoms with Crippen LogP contribution in [0.1, 0.15) is 30.2 Å². The lowest BCUT2D eigenvalue weighted by atomic mass is 9.98. The summed E-state index contributed by atoms with van der Waals surface area (Å²) in [5, 5.41) is 3.26. The third kappa shape index (κ3) is 5.69. The van der Waals surface area contributed by atoms with Crippen molar-refractivity contribution in [3.63, 3.8) is 0 Å². The Hall–Kier alpha value is -3.67. The summed E-state index contributed by atoms with van der Waals surface area (Å²) >= 11 is 0. The number of aromatic amines is 1. The minimum atomic E-state index is -0.284. The van der Waals surface area contributed by atoms with Crippen molar-refractivity contribution in [2.75, 3.05) is 7.11 Å². The molecule has 0 radical (unpaired) electrons. The van der Waals surface area contributed by atoms with Gasteiger partial charge in [0.15, 0.2) is 0 Å². The number of nitrogens with zero attached hydrogens (tertiary/aromatic N) is 1. The fourth-order valence-electron chi connectivity index (χ4n) is 3.17. The van der Waals surface area contributed by atoms with Crippen LogP contribution in [0, 0.1) is 12.7 Å². The predicted molar refractivity (Wildman–Crippen MR) is 123 cm³/mol. The minimum Gasteiger partial charge on any atom is -0.496 e. The van der Waals surface area contributed by atoms with Gasteiger partial charge in [0.05, 0.1) is 13.7 Å². The molecule has 160 valence electrons. The summed E-state index contributed by atoms with van der Waals surface area (Å²) in [5.74, 6) is 1.07. The molecule has 1 heterocycles.